The van der Waals surface area contributed by atoms with Crippen molar-refractivity contribution in [3.05, 3.63) is 47.6 Å². The van der Waals surface area contributed by atoms with Crippen molar-refractivity contribution >= 4 is 5.97 Å². The van der Waals surface area contributed by atoms with E-state index in [9.17, 15) is 15.0 Å². The first-order valence-corrected chi connectivity index (χ1v) is 15.2. The zero-order chi connectivity index (χ0) is 28.3. The first-order valence-electron chi connectivity index (χ1n) is 15.2. The first-order chi connectivity index (χ1) is 18.6. The molecule has 0 radical (unpaired) electrons. The van der Waals surface area contributed by atoms with Gasteiger partial charge in [0.05, 0.1) is 6.10 Å². The van der Waals surface area contributed by atoms with Crippen molar-refractivity contribution < 1.29 is 29.6 Å². The number of carbonyl (C=O) groups is 1. The highest BCUT2D eigenvalue weighted by Crippen LogP contribution is 2.60. The highest BCUT2D eigenvalue weighted by Gasteiger charge is 2.51. The zero-order valence-electron chi connectivity index (χ0n) is 24.2. The van der Waals surface area contributed by atoms with Gasteiger partial charge in [-0.05, 0) is 85.7 Å². The summed E-state index contributed by atoms with van der Waals surface area (Å²) in [4.78, 5) is 12.3. The van der Waals surface area contributed by atoms with Crippen LogP contribution in [-0.2, 0) is 14.3 Å². The quantitative estimate of drug-likeness (QED) is 0.194. The van der Waals surface area contributed by atoms with Gasteiger partial charge < -0.3 is 24.8 Å². The molecule has 0 unspecified atom stereocenters. The molecule has 218 valence electrons. The van der Waals surface area contributed by atoms with Crippen molar-refractivity contribution in [3.63, 3.8) is 0 Å². The largest absolute Gasteiger partial charge is 0.458 e. The molecule has 0 spiro atoms. The predicted octanol–water partition coefficient (Wildman–Crippen LogP) is 5.43. The molecule has 4 fully saturated rings. The summed E-state index contributed by atoms with van der Waals surface area (Å²) in [5, 5.41) is 30.4. The summed E-state index contributed by atoms with van der Waals surface area (Å²) < 4.78 is 11.4. The van der Waals surface area contributed by atoms with E-state index in [2.05, 4.69) is 46.1 Å². The van der Waals surface area contributed by atoms with E-state index in [-0.39, 0.29) is 30.0 Å². The molecule has 0 bridgehead atoms. The van der Waals surface area contributed by atoms with E-state index in [4.69, 9.17) is 14.6 Å². The Bertz CT molecular complexity index is 981. The average Bonchev–Trinajstić information content (AvgIpc) is 3.39. The first kappa shape index (κ1) is 30.2. The van der Waals surface area contributed by atoms with Crippen LogP contribution in [0.1, 0.15) is 85.0 Å². The summed E-state index contributed by atoms with van der Waals surface area (Å²) in [6.07, 6.45) is 11.3. The summed E-state index contributed by atoms with van der Waals surface area (Å²) >= 11 is 0. The van der Waals surface area contributed by atoms with Gasteiger partial charge in [0.1, 0.15) is 18.3 Å². The molecule has 0 aromatic rings. The monoisotopic (exact) mass is 542 g/mol. The molecular weight excluding hydrogens is 492 g/mol. The topological polar surface area (TPSA) is 96.2 Å². The number of aliphatic hydroxyl groups excluding tert-OH is 3. The van der Waals surface area contributed by atoms with E-state index >= 15 is 0 Å². The van der Waals surface area contributed by atoms with Crippen molar-refractivity contribution in [1.29, 1.82) is 0 Å². The molecule has 4 aliphatic rings. The molecule has 4 rings (SSSR count). The molecule has 3 aliphatic carbocycles. The van der Waals surface area contributed by atoms with Crippen molar-refractivity contribution in [1.82, 2.24) is 0 Å². The molecule has 9 atom stereocenters. The van der Waals surface area contributed by atoms with Crippen LogP contribution >= 0.6 is 0 Å². The average molecular weight is 543 g/mol. The standard InChI is InChI=1S/C33H50O6/c1-6-9-25-22(4)32(37)39-29(25)18-20(2)26-13-14-27-23(10-7-15-33(26,27)5)11-12-24-19-28(35)31(30(36)21(24)3)38-17-8-16-34/h11-12,20,25-31,34-36H,3-4,6-10,13-19H2,1-2,5H3/b23-11+,24-12-/t20-,25-,26-,27+,28-,29-,30-,31+,33-/m1/s1. The number of allylic oxidation sites excluding steroid dienone is 3. The molecule has 0 aromatic heterocycles. The van der Waals surface area contributed by atoms with Crippen molar-refractivity contribution in [2.75, 3.05) is 13.2 Å². The molecule has 0 amide bonds. The van der Waals surface area contributed by atoms with Crippen molar-refractivity contribution in [2.45, 2.75) is 109 Å². The third kappa shape index (κ3) is 6.14. The van der Waals surface area contributed by atoms with Crippen LogP contribution in [0.2, 0.25) is 0 Å². The van der Waals surface area contributed by atoms with Gasteiger partial charge in [0.2, 0.25) is 0 Å². The molecule has 6 nitrogen and oxygen atoms in total. The van der Waals surface area contributed by atoms with Gasteiger partial charge in [-0.25, -0.2) is 4.79 Å². The van der Waals surface area contributed by atoms with Crippen LogP contribution in [0.15, 0.2) is 47.6 Å². The number of cyclic esters (lactones) is 1. The van der Waals surface area contributed by atoms with Gasteiger partial charge in [-0.15, -0.1) is 0 Å². The second-order valence-electron chi connectivity index (χ2n) is 12.8. The number of esters is 1. The highest BCUT2D eigenvalue weighted by molar-refractivity contribution is 5.90. The van der Waals surface area contributed by atoms with Gasteiger partial charge in [0.25, 0.3) is 0 Å². The van der Waals surface area contributed by atoms with Crippen LogP contribution < -0.4 is 0 Å². The Balaban J connectivity index is 1.44. The van der Waals surface area contributed by atoms with Gasteiger partial charge >= 0.3 is 5.97 Å². The van der Waals surface area contributed by atoms with Gasteiger partial charge in [-0.1, -0.05) is 58.1 Å². The second-order valence-corrected chi connectivity index (χ2v) is 12.8. The van der Waals surface area contributed by atoms with Crippen LogP contribution in [0.5, 0.6) is 0 Å². The maximum absolute atomic E-state index is 12.3. The van der Waals surface area contributed by atoms with E-state index in [0.717, 1.165) is 37.7 Å². The summed E-state index contributed by atoms with van der Waals surface area (Å²) in [6, 6.07) is 0. The fraction of sp³-hybridized carbons (Fsp3) is 0.727. The van der Waals surface area contributed by atoms with Crippen molar-refractivity contribution in [2.24, 2.45) is 29.1 Å². The Hall–Kier alpha value is -1.73. The number of ether oxygens (including phenoxy) is 2. The fourth-order valence-electron chi connectivity index (χ4n) is 8.24. The van der Waals surface area contributed by atoms with E-state index < -0.39 is 18.3 Å². The second kappa shape index (κ2) is 12.8. The fourth-order valence-corrected chi connectivity index (χ4v) is 8.24. The third-order valence-corrected chi connectivity index (χ3v) is 10.3. The Morgan fingerprint density at radius 2 is 1.97 bits per heavy atom. The highest BCUT2D eigenvalue weighted by atomic mass is 16.6. The Morgan fingerprint density at radius 3 is 2.69 bits per heavy atom. The Morgan fingerprint density at radius 1 is 1.21 bits per heavy atom. The number of hydrogen-bond donors (Lipinski definition) is 3. The molecule has 1 heterocycles. The van der Waals surface area contributed by atoms with Gasteiger partial charge in [-0.3, -0.25) is 0 Å². The Kier molecular flexibility index (Phi) is 9.96. The number of rotatable bonds is 10. The maximum atomic E-state index is 12.3. The molecular formula is C33H50O6. The van der Waals surface area contributed by atoms with Gasteiger partial charge in [0.15, 0.2) is 0 Å². The van der Waals surface area contributed by atoms with Crippen LogP contribution in [0.3, 0.4) is 0 Å². The number of aliphatic hydroxyl groups is 3. The van der Waals surface area contributed by atoms with Crippen molar-refractivity contribution in [3.8, 4) is 0 Å². The predicted molar refractivity (Wildman–Crippen MR) is 153 cm³/mol. The number of carbonyl (C=O) groups excluding carboxylic acids is 1. The van der Waals surface area contributed by atoms with E-state index in [0.29, 0.717) is 48.3 Å². The Labute approximate surface area is 234 Å². The zero-order valence-corrected chi connectivity index (χ0v) is 24.2. The van der Waals surface area contributed by atoms with Crippen LogP contribution in [0.25, 0.3) is 0 Å². The lowest BCUT2D eigenvalue weighted by molar-refractivity contribution is -0.140. The summed E-state index contributed by atoms with van der Waals surface area (Å²) in [6.45, 7) is 15.4. The summed E-state index contributed by atoms with van der Waals surface area (Å²) in [5.74, 6) is 1.51. The third-order valence-electron chi connectivity index (χ3n) is 10.3. The van der Waals surface area contributed by atoms with E-state index in [1.54, 1.807) is 0 Å². The SMILES string of the molecule is C=C1/C(=C\C=C2/CCC[C@]3(C)[C@@H]([C@H](C)C[C@H]4OC(=O)C(=C)[C@H]4CCC)CC[C@@H]23)C[C@@H](O)[C@H](OCCCO)[C@@H]1O. The lowest BCUT2D eigenvalue weighted by Gasteiger charge is -2.45. The molecule has 3 saturated carbocycles. The molecule has 3 N–H and O–H groups in total. The van der Waals surface area contributed by atoms with Gasteiger partial charge in [0, 0.05) is 31.1 Å². The van der Waals surface area contributed by atoms with Crippen LogP contribution in [-0.4, -0.2) is 58.9 Å². The summed E-state index contributed by atoms with van der Waals surface area (Å²) in [5.41, 5.74) is 3.83. The summed E-state index contributed by atoms with van der Waals surface area (Å²) in [7, 11) is 0. The van der Waals surface area contributed by atoms with Crippen LogP contribution in [0, 0.1) is 29.1 Å². The lowest BCUT2D eigenvalue weighted by atomic mass is 9.60. The lowest BCUT2D eigenvalue weighted by Crippen LogP contribution is -2.45. The minimum absolute atomic E-state index is 0.0153. The molecule has 6 heteroatoms. The van der Waals surface area contributed by atoms with Crippen LogP contribution in [0.4, 0.5) is 0 Å². The number of hydrogen-bond acceptors (Lipinski definition) is 6. The molecule has 1 saturated heterocycles. The maximum Gasteiger partial charge on any atom is 0.334 e. The molecule has 1 aliphatic heterocycles. The smallest absolute Gasteiger partial charge is 0.334 e. The minimum atomic E-state index is -0.956. The minimum Gasteiger partial charge on any atom is -0.458 e. The normalized spacial score (nSPS) is 39.8. The van der Waals surface area contributed by atoms with E-state index in [1.807, 2.05) is 0 Å². The molecule has 0 aromatic carbocycles. The molecule has 39 heavy (non-hydrogen) atoms. The number of fused-ring (bicyclic) bond motifs is 1. The van der Waals surface area contributed by atoms with E-state index in [1.165, 1.54) is 24.8 Å². The van der Waals surface area contributed by atoms with Gasteiger partial charge in [-0.2, -0.15) is 0 Å².